The van der Waals surface area contributed by atoms with Crippen molar-refractivity contribution in [2.75, 3.05) is 13.4 Å². The van der Waals surface area contributed by atoms with Crippen LogP contribution in [0.4, 0.5) is 0 Å². The first-order valence-corrected chi connectivity index (χ1v) is 6.64. The third kappa shape index (κ3) is 4.04. The number of halogens is 2. The summed E-state index contributed by atoms with van der Waals surface area (Å²) in [4.78, 5) is 0. The predicted molar refractivity (Wildman–Crippen MR) is 74.9 cm³/mol. The normalized spacial score (nSPS) is 10.4. The quantitative estimate of drug-likeness (QED) is 0.441. The second-order valence-corrected chi connectivity index (χ2v) is 5.13. The van der Waals surface area contributed by atoms with Gasteiger partial charge in [-0.05, 0) is 69.8 Å². The van der Waals surface area contributed by atoms with Crippen molar-refractivity contribution in [2.45, 2.75) is 13.5 Å². The molecule has 0 radical (unpaired) electrons. The molecule has 5 heteroatoms. The molecule has 0 aliphatic heterocycles. The molecule has 0 unspecified atom stereocenters. The van der Waals surface area contributed by atoms with Crippen LogP contribution in [-0.2, 0) is 11.3 Å². The first kappa shape index (κ1) is 13.5. The van der Waals surface area contributed by atoms with E-state index < -0.39 is 0 Å². The molecule has 1 aromatic carbocycles. The number of hydrogen-bond donors (Lipinski definition) is 1. The number of ether oxygens (including phenoxy) is 2. The second kappa shape index (κ2) is 6.87. The van der Waals surface area contributed by atoms with Gasteiger partial charge < -0.3 is 14.6 Å². The fourth-order valence-corrected chi connectivity index (χ4v) is 3.23. The van der Waals surface area contributed by atoms with Gasteiger partial charge in [0.05, 0.1) is 13.7 Å². The highest BCUT2D eigenvalue weighted by Gasteiger charge is 2.08. The van der Waals surface area contributed by atoms with Crippen molar-refractivity contribution in [2.24, 2.45) is 0 Å². The summed E-state index contributed by atoms with van der Waals surface area (Å²) >= 11 is 4.38. The van der Waals surface area contributed by atoms with Gasteiger partial charge in [0.1, 0.15) is 5.75 Å². The Hall–Kier alpha value is 0.400. The molecule has 0 saturated heterocycles. The van der Waals surface area contributed by atoms with Crippen molar-refractivity contribution in [3.8, 4) is 5.75 Å². The van der Waals surface area contributed by atoms with E-state index >= 15 is 0 Å². The molecule has 3 nitrogen and oxygen atoms in total. The van der Waals surface area contributed by atoms with Gasteiger partial charge in [-0.1, -0.05) is 0 Å². The van der Waals surface area contributed by atoms with Crippen LogP contribution >= 0.6 is 45.2 Å². The Morgan fingerprint density at radius 2 is 1.87 bits per heavy atom. The second-order valence-electron chi connectivity index (χ2n) is 2.80. The Labute approximate surface area is 116 Å². The topological polar surface area (TPSA) is 38.7 Å². The SMILES string of the molecule is CCOCOc1c(I)cc(CO)cc1I. The van der Waals surface area contributed by atoms with Gasteiger partial charge in [-0.25, -0.2) is 0 Å². The van der Waals surface area contributed by atoms with E-state index in [0.717, 1.165) is 18.5 Å². The van der Waals surface area contributed by atoms with E-state index in [1.54, 1.807) is 0 Å². The van der Waals surface area contributed by atoms with Crippen molar-refractivity contribution in [3.63, 3.8) is 0 Å². The zero-order valence-electron chi connectivity index (χ0n) is 8.30. The standard InChI is InChI=1S/C10H12I2O3/c1-2-14-6-15-10-8(11)3-7(5-13)4-9(10)12/h3-4,13H,2,5-6H2,1H3. The van der Waals surface area contributed by atoms with Gasteiger partial charge in [0.25, 0.3) is 0 Å². The van der Waals surface area contributed by atoms with E-state index in [0.29, 0.717) is 6.61 Å². The molecule has 0 heterocycles. The summed E-state index contributed by atoms with van der Waals surface area (Å²) < 4.78 is 12.6. The molecule has 15 heavy (non-hydrogen) atoms. The lowest BCUT2D eigenvalue weighted by Gasteiger charge is -2.11. The van der Waals surface area contributed by atoms with Gasteiger partial charge in [0.2, 0.25) is 0 Å². The van der Waals surface area contributed by atoms with Crippen molar-refractivity contribution in [3.05, 3.63) is 24.8 Å². The molecule has 1 rings (SSSR count). The van der Waals surface area contributed by atoms with E-state index in [2.05, 4.69) is 45.2 Å². The molecule has 84 valence electrons. The van der Waals surface area contributed by atoms with Crippen LogP contribution in [0.15, 0.2) is 12.1 Å². The van der Waals surface area contributed by atoms with Crippen LogP contribution < -0.4 is 4.74 Å². The van der Waals surface area contributed by atoms with Crippen LogP contribution in [0.25, 0.3) is 0 Å². The zero-order valence-corrected chi connectivity index (χ0v) is 12.6. The molecule has 1 aromatic rings. The average Bonchev–Trinajstić information content (AvgIpc) is 2.22. The number of benzene rings is 1. The van der Waals surface area contributed by atoms with Gasteiger partial charge in [-0.2, -0.15) is 0 Å². The minimum absolute atomic E-state index is 0.0533. The van der Waals surface area contributed by atoms with E-state index in [1.165, 1.54) is 0 Å². The molecule has 0 aromatic heterocycles. The summed E-state index contributed by atoms with van der Waals surface area (Å²) in [6.45, 7) is 2.88. The number of hydrogen-bond acceptors (Lipinski definition) is 3. The molecule has 0 bridgehead atoms. The summed E-state index contributed by atoms with van der Waals surface area (Å²) in [6, 6.07) is 3.81. The van der Waals surface area contributed by atoms with Crippen LogP contribution in [0.3, 0.4) is 0 Å². The van der Waals surface area contributed by atoms with E-state index in [-0.39, 0.29) is 13.4 Å². The maximum absolute atomic E-state index is 9.02. The smallest absolute Gasteiger partial charge is 0.189 e. The highest BCUT2D eigenvalue weighted by Crippen LogP contribution is 2.28. The maximum atomic E-state index is 9.02. The summed E-state index contributed by atoms with van der Waals surface area (Å²) in [7, 11) is 0. The van der Waals surface area contributed by atoms with Gasteiger partial charge >= 0.3 is 0 Å². The van der Waals surface area contributed by atoms with Crippen molar-refractivity contribution in [1.82, 2.24) is 0 Å². The Morgan fingerprint density at radius 1 is 1.27 bits per heavy atom. The highest BCUT2D eigenvalue weighted by atomic mass is 127. The van der Waals surface area contributed by atoms with Crippen LogP contribution in [0.1, 0.15) is 12.5 Å². The highest BCUT2D eigenvalue weighted by molar-refractivity contribution is 14.1. The van der Waals surface area contributed by atoms with Crippen molar-refractivity contribution >= 4 is 45.2 Å². The number of aliphatic hydroxyl groups is 1. The molecular weight excluding hydrogens is 422 g/mol. The zero-order chi connectivity index (χ0) is 11.3. The maximum Gasteiger partial charge on any atom is 0.189 e. The predicted octanol–water partition coefficient (Wildman–Crippen LogP) is 2.76. The van der Waals surface area contributed by atoms with Gasteiger partial charge in [-0.15, -0.1) is 0 Å². The number of rotatable bonds is 5. The van der Waals surface area contributed by atoms with Crippen molar-refractivity contribution < 1.29 is 14.6 Å². The minimum Gasteiger partial charge on any atom is -0.465 e. The summed E-state index contributed by atoms with van der Waals surface area (Å²) in [5.41, 5.74) is 0.896. The molecule has 0 aliphatic carbocycles. The average molecular weight is 434 g/mol. The molecule has 0 fully saturated rings. The van der Waals surface area contributed by atoms with Crippen LogP contribution in [0, 0.1) is 7.14 Å². The lowest BCUT2D eigenvalue weighted by molar-refractivity contribution is 0.0213. The van der Waals surface area contributed by atoms with Gasteiger partial charge in [0, 0.05) is 6.61 Å². The number of aliphatic hydroxyl groups excluding tert-OH is 1. The minimum atomic E-state index is 0.0533. The molecular formula is C10H12I2O3. The molecule has 0 saturated carbocycles. The Balaban J connectivity index is 2.79. The van der Waals surface area contributed by atoms with E-state index in [1.807, 2.05) is 19.1 Å². The molecule has 0 aliphatic rings. The molecule has 0 atom stereocenters. The first-order valence-electron chi connectivity index (χ1n) is 4.48. The lowest BCUT2D eigenvalue weighted by atomic mass is 10.2. The summed E-state index contributed by atoms with van der Waals surface area (Å²) in [6.07, 6.45) is 0. The lowest BCUT2D eigenvalue weighted by Crippen LogP contribution is -2.05. The fourth-order valence-electron chi connectivity index (χ4n) is 1.03. The summed E-state index contributed by atoms with van der Waals surface area (Å²) in [5, 5.41) is 9.02. The monoisotopic (exact) mass is 434 g/mol. The van der Waals surface area contributed by atoms with Crippen LogP contribution in [0.5, 0.6) is 5.75 Å². The Kier molecular flexibility index (Phi) is 6.17. The van der Waals surface area contributed by atoms with Gasteiger partial charge in [0.15, 0.2) is 6.79 Å². The molecule has 1 N–H and O–H groups in total. The van der Waals surface area contributed by atoms with Crippen molar-refractivity contribution in [1.29, 1.82) is 0 Å². The fraction of sp³-hybridized carbons (Fsp3) is 0.400. The molecule has 0 amide bonds. The third-order valence-electron chi connectivity index (χ3n) is 1.73. The van der Waals surface area contributed by atoms with E-state index in [4.69, 9.17) is 14.6 Å². The Bertz CT molecular complexity index is 305. The van der Waals surface area contributed by atoms with Gasteiger partial charge in [-0.3, -0.25) is 0 Å². The van der Waals surface area contributed by atoms with Crippen LogP contribution in [0.2, 0.25) is 0 Å². The first-order chi connectivity index (χ1) is 7.19. The third-order valence-corrected chi connectivity index (χ3v) is 3.33. The van der Waals surface area contributed by atoms with E-state index in [9.17, 15) is 0 Å². The Morgan fingerprint density at radius 3 is 2.33 bits per heavy atom. The summed E-state index contributed by atoms with van der Waals surface area (Å²) in [5.74, 6) is 0.821. The molecule has 0 spiro atoms. The van der Waals surface area contributed by atoms with Crippen LogP contribution in [-0.4, -0.2) is 18.5 Å². The largest absolute Gasteiger partial charge is 0.465 e.